The van der Waals surface area contributed by atoms with E-state index in [2.05, 4.69) is 124 Å². The predicted molar refractivity (Wildman–Crippen MR) is 200 cm³/mol. The van der Waals surface area contributed by atoms with Crippen LogP contribution in [0.3, 0.4) is 0 Å². The zero-order valence-corrected chi connectivity index (χ0v) is 31.0. The number of aryl methyl sites for hydroxylation is 6. The lowest BCUT2D eigenvalue weighted by Crippen LogP contribution is -2.52. The minimum atomic E-state index is -1.80. The van der Waals surface area contributed by atoms with Crippen molar-refractivity contribution in [2.45, 2.75) is 138 Å². The first kappa shape index (κ1) is 34.2. The monoisotopic (exact) mass is 604 g/mol. The molecule has 1 unspecified atom stereocenters. The molecular weight excluding hydrogens is 545 g/mol. The third-order valence-corrected chi connectivity index (χ3v) is 14.4. The third-order valence-electron chi connectivity index (χ3n) is 10.5. The number of hydrogen-bond acceptors (Lipinski definition) is 0. The maximum atomic E-state index is 2.62. The lowest BCUT2D eigenvalue weighted by molar-refractivity contribution is 0.661. The molecule has 0 fully saturated rings. The second-order valence-corrected chi connectivity index (χ2v) is 17.7. The van der Waals surface area contributed by atoms with E-state index in [4.69, 9.17) is 0 Å². The number of hydrogen-bond donors (Lipinski definition) is 0. The lowest BCUT2D eigenvalue weighted by Gasteiger charge is -2.40. The molecule has 0 aromatic heterocycles. The highest BCUT2D eigenvalue weighted by molar-refractivity contribution is 6.90. The van der Waals surface area contributed by atoms with Crippen LogP contribution in [0, 0.1) is 27.7 Å². The summed E-state index contributed by atoms with van der Waals surface area (Å²) in [6.07, 6.45) is 12.9. The topological polar surface area (TPSA) is 0 Å². The summed E-state index contributed by atoms with van der Waals surface area (Å²) in [7, 11) is -1.80. The van der Waals surface area contributed by atoms with Crippen LogP contribution >= 0.6 is 0 Å². The van der Waals surface area contributed by atoms with Crippen molar-refractivity contribution in [3.05, 3.63) is 110 Å². The molecular formula is C43H60Si. The maximum absolute atomic E-state index is 2.62. The molecule has 0 N–H and O–H groups in total. The second kappa shape index (κ2) is 15.1. The first-order chi connectivity index (χ1) is 21.0. The van der Waals surface area contributed by atoms with E-state index in [9.17, 15) is 0 Å². The van der Waals surface area contributed by atoms with Gasteiger partial charge in [0.25, 0.3) is 0 Å². The van der Waals surface area contributed by atoms with Crippen molar-refractivity contribution in [1.29, 1.82) is 0 Å². The molecule has 0 nitrogen and oxygen atoms in total. The van der Waals surface area contributed by atoms with Crippen molar-refractivity contribution in [3.8, 4) is 0 Å². The Morgan fingerprint density at radius 3 is 1.34 bits per heavy atom. The van der Waals surface area contributed by atoms with Gasteiger partial charge in [-0.15, -0.1) is 0 Å². The molecule has 1 heteroatoms. The molecule has 0 saturated heterocycles. The highest BCUT2D eigenvalue weighted by Gasteiger charge is 2.47. The minimum Gasteiger partial charge on any atom is -0.0654 e. The molecule has 0 spiro atoms. The summed E-state index contributed by atoms with van der Waals surface area (Å²) in [5.74, 6) is 0. The van der Waals surface area contributed by atoms with Crippen molar-refractivity contribution in [1.82, 2.24) is 0 Å². The average molecular weight is 605 g/mol. The summed E-state index contributed by atoms with van der Waals surface area (Å²) in [4.78, 5) is 0. The summed E-state index contributed by atoms with van der Waals surface area (Å²) in [5.41, 5.74) is 16.3. The van der Waals surface area contributed by atoms with Crippen LogP contribution in [0.25, 0.3) is 5.57 Å². The van der Waals surface area contributed by atoms with Crippen LogP contribution in [0.15, 0.2) is 71.3 Å². The molecule has 0 bridgehead atoms. The van der Waals surface area contributed by atoms with Gasteiger partial charge in [0.2, 0.25) is 0 Å². The van der Waals surface area contributed by atoms with Gasteiger partial charge in [-0.1, -0.05) is 152 Å². The summed E-state index contributed by atoms with van der Waals surface area (Å²) in [5, 5.41) is 3.13. The van der Waals surface area contributed by atoms with E-state index in [0.29, 0.717) is 0 Å². The highest BCUT2D eigenvalue weighted by Crippen LogP contribution is 2.58. The van der Waals surface area contributed by atoms with E-state index in [1.54, 1.807) is 32.6 Å². The van der Waals surface area contributed by atoms with Crippen LogP contribution < -0.4 is 10.4 Å². The highest BCUT2D eigenvalue weighted by atomic mass is 28.3. The molecule has 0 amide bonds. The summed E-state index contributed by atoms with van der Waals surface area (Å²) in [6, 6.07) is 22.5. The Morgan fingerprint density at radius 2 is 0.932 bits per heavy atom. The first-order valence-corrected chi connectivity index (χ1v) is 19.4. The Morgan fingerprint density at radius 1 is 0.500 bits per heavy atom. The van der Waals surface area contributed by atoms with E-state index >= 15 is 0 Å². The molecule has 44 heavy (non-hydrogen) atoms. The van der Waals surface area contributed by atoms with Gasteiger partial charge in [-0.3, -0.25) is 0 Å². The molecule has 4 rings (SSSR count). The lowest BCUT2D eigenvalue weighted by atomic mass is 9.87. The molecule has 1 atom stereocenters. The normalized spacial score (nSPS) is 17.0. The first-order valence-electron chi connectivity index (χ1n) is 17.7. The molecule has 1 aliphatic rings. The zero-order valence-electron chi connectivity index (χ0n) is 29.8. The Kier molecular flexibility index (Phi) is 11.7. The minimum absolute atomic E-state index is 0.0189. The van der Waals surface area contributed by atoms with Gasteiger partial charge in [-0.2, -0.15) is 0 Å². The van der Waals surface area contributed by atoms with Gasteiger partial charge in [0.1, 0.15) is 8.80 Å². The third kappa shape index (κ3) is 7.59. The molecule has 3 aromatic carbocycles. The predicted octanol–water partition coefficient (Wildman–Crippen LogP) is 11.1. The quantitative estimate of drug-likeness (QED) is 0.127. The van der Waals surface area contributed by atoms with Crippen LogP contribution in [0.5, 0.6) is 0 Å². The Labute approximate surface area is 272 Å². The van der Waals surface area contributed by atoms with Crippen molar-refractivity contribution in [3.63, 3.8) is 0 Å². The van der Waals surface area contributed by atoms with Gasteiger partial charge in [0.15, 0.2) is 0 Å². The fourth-order valence-electron chi connectivity index (χ4n) is 8.23. The van der Waals surface area contributed by atoms with Gasteiger partial charge in [-0.05, 0) is 108 Å². The number of unbranched alkanes of at least 4 members (excludes halogenated alkanes) is 6. The van der Waals surface area contributed by atoms with Crippen molar-refractivity contribution < 1.29 is 0 Å². The molecule has 3 aromatic rings. The Hall–Kier alpha value is -2.64. The fraction of sp³-hybridized carbons (Fsp3) is 0.488. The summed E-state index contributed by atoms with van der Waals surface area (Å²) < 4.78 is 0. The van der Waals surface area contributed by atoms with Gasteiger partial charge in [0.05, 0.1) is 0 Å². The standard InChI is InChI=1S/C43H60Si/c1-11-13-15-17-19-37-27-38(20-18-16-14-12-2)29-39(28-37)42-35(8)34(7)36(9)43(42,10)44(40-23-30(3)21-31(4)24-40)41-25-32(5)22-33(6)26-41/h21-29,44H,11-20H2,1-10H3. The SMILES string of the molecule is CCCCCCc1cc(CCCCCC)cc(C2=C(C)C(C)=C(C)C2(C)[SiH](c2cc(C)cc(C)c2)c2cc(C)cc(C)c2)c1. The van der Waals surface area contributed by atoms with Crippen molar-refractivity contribution in [2.24, 2.45) is 0 Å². The van der Waals surface area contributed by atoms with E-state index in [1.165, 1.54) is 103 Å². The number of rotatable bonds is 14. The van der Waals surface area contributed by atoms with Gasteiger partial charge < -0.3 is 0 Å². The Bertz CT molecular complexity index is 1390. The summed E-state index contributed by atoms with van der Waals surface area (Å²) >= 11 is 0. The smallest absolute Gasteiger partial charge is 0.0654 e. The van der Waals surface area contributed by atoms with Gasteiger partial charge >= 0.3 is 0 Å². The molecule has 1 aliphatic carbocycles. The van der Waals surface area contributed by atoms with Gasteiger partial charge in [0, 0.05) is 5.04 Å². The van der Waals surface area contributed by atoms with E-state index < -0.39 is 8.80 Å². The van der Waals surface area contributed by atoms with Crippen LogP contribution in [0.1, 0.15) is 132 Å². The molecule has 0 heterocycles. The number of benzene rings is 3. The van der Waals surface area contributed by atoms with E-state index in [1.807, 2.05) is 0 Å². The van der Waals surface area contributed by atoms with Crippen LogP contribution in [0.2, 0.25) is 5.04 Å². The molecule has 0 radical (unpaired) electrons. The van der Waals surface area contributed by atoms with Crippen molar-refractivity contribution in [2.75, 3.05) is 0 Å². The number of allylic oxidation sites excluding steroid dienone is 4. The van der Waals surface area contributed by atoms with Crippen LogP contribution in [-0.2, 0) is 12.8 Å². The second-order valence-electron chi connectivity index (χ2n) is 14.4. The average Bonchev–Trinajstić information content (AvgIpc) is 3.12. The fourth-order valence-corrected chi connectivity index (χ4v) is 13.0. The van der Waals surface area contributed by atoms with Crippen LogP contribution in [0.4, 0.5) is 0 Å². The zero-order chi connectivity index (χ0) is 32.0. The maximum Gasteiger partial charge on any atom is 0.117 e. The van der Waals surface area contributed by atoms with Crippen LogP contribution in [-0.4, -0.2) is 8.80 Å². The van der Waals surface area contributed by atoms with Gasteiger partial charge in [-0.25, -0.2) is 0 Å². The Balaban J connectivity index is 1.93. The molecule has 236 valence electrons. The largest absolute Gasteiger partial charge is 0.117 e. The van der Waals surface area contributed by atoms with E-state index in [-0.39, 0.29) is 5.04 Å². The summed E-state index contributed by atoms with van der Waals surface area (Å²) in [6.45, 7) is 23.6. The molecule has 0 aliphatic heterocycles. The van der Waals surface area contributed by atoms with Crippen molar-refractivity contribution >= 4 is 24.7 Å². The molecule has 0 saturated carbocycles. The van der Waals surface area contributed by atoms with E-state index in [0.717, 1.165) is 0 Å².